The zero-order chi connectivity index (χ0) is 31.8. The molecule has 0 saturated heterocycles. The van der Waals surface area contributed by atoms with E-state index in [9.17, 15) is 9.59 Å². The Balaban J connectivity index is 1.41. The van der Waals surface area contributed by atoms with Crippen LogP contribution in [0.2, 0.25) is 0 Å². The molecule has 2 rings (SSSR count). The van der Waals surface area contributed by atoms with E-state index in [4.69, 9.17) is 28.4 Å². The van der Waals surface area contributed by atoms with Crippen LogP contribution in [0.1, 0.15) is 35.2 Å². The van der Waals surface area contributed by atoms with Crippen molar-refractivity contribution in [1.82, 2.24) is 15.5 Å². The second-order valence-electron chi connectivity index (χ2n) is 9.87. The molecule has 2 amide bonds. The number of benzene rings is 1. The minimum absolute atomic E-state index is 0.114. The number of amides is 2. The van der Waals surface area contributed by atoms with Gasteiger partial charge < -0.3 is 44.0 Å². The van der Waals surface area contributed by atoms with Gasteiger partial charge in [-0.05, 0) is 55.7 Å². The predicted molar refractivity (Wildman–Crippen MR) is 169 cm³/mol. The van der Waals surface area contributed by atoms with Crippen molar-refractivity contribution in [2.24, 2.45) is 0 Å². The molecule has 0 bridgehead atoms. The van der Waals surface area contributed by atoms with E-state index in [1.807, 2.05) is 30.0 Å². The number of nitrogens with one attached hydrogen (secondary N) is 2. The topological polar surface area (TPSA) is 117 Å². The maximum atomic E-state index is 12.3. The van der Waals surface area contributed by atoms with Crippen molar-refractivity contribution < 1.29 is 38.0 Å². The summed E-state index contributed by atoms with van der Waals surface area (Å²) in [7, 11) is 1.57. The SMILES string of the molecule is C=CC(=C)N1CCO/C(CCCCOCCOCCOCCOCCNC(=O)c2cc(OC)ccc2C)=C\C=C\NC(=O)C1. The van der Waals surface area contributed by atoms with Crippen LogP contribution in [-0.4, -0.2) is 103 Å². The Morgan fingerprint density at radius 2 is 1.73 bits per heavy atom. The van der Waals surface area contributed by atoms with Crippen LogP contribution in [0, 0.1) is 6.92 Å². The molecule has 1 aliphatic rings. The lowest BCUT2D eigenvalue weighted by Crippen LogP contribution is -2.35. The number of nitrogens with zero attached hydrogens (tertiary/aromatic N) is 1. The molecule has 2 N–H and O–H groups in total. The number of hydrogen-bond donors (Lipinski definition) is 2. The first-order valence-electron chi connectivity index (χ1n) is 15.0. The summed E-state index contributed by atoms with van der Waals surface area (Å²) >= 11 is 0. The number of aryl methyl sites for hydroxylation is 1. The molecule has 244 valence electrons. The summed E-state index contributed by atoms with van der Waals surface area (Å²) < 4.78 is 33.4. The van der Waals surface area contributed by atoms with Crippen LogP contribution in [0.25, 0.3) is 0 Å². The number of carbonyl (C=O) groups excluding carboxylic acids is 2. The Hall–Kier alpha value is -3.64. The minimum atomic E-state index is -0.152. The van der Waals surface area contributed by atoms with Crippen molar-refractivity contribution in [3.63, 3.8) is 0 Å². The first kappa shape index (κ1) is 36.6. The highest BCUT2D eigenvalue weighted by Gasteiger charge is 2.12. The number of methoxy groups -OCH3 is 1. The maximum absolute atomic E-state index is 12.3. The average Bonchev–Trinajstić information content (AvgIpc) is 3.07. The van der Waals surface area contributed by atoms with Gasteiger partial charge in [0.05, 0.1) is 72.2 Å². The summed E-state index contributed by atoms with van der Waals surface area (Å²) in [6.07, 6.45) is 9.50. The molecule has 1 aromatic carbocycles. The zero-order valence-electron chi connectivity index (χ0n) is 26.3. The molecule has 0 radical (unpaired) electrons. The van der Waals surface area contributed by atoms with Gasteiger partial charge in [-0.2, -0.15) is 0 Å². The fourth-order valence-corrected chi connectivity index (χ4v) is 4.03. The lowest BCUT2D eigenvalue weighted by Gasteiger charge is -2.24. The number of hydrogen-bond acceptors (Lipinski definition) is 9. The van der Waals surface area contributed by atoms with Crippen LogP contribution in [0.4, 0.5) is 0 Å². The Bertz CT molecular complexity index is 1090. The van der Waals surface area contributed by atoms with Crippen LogP contribution in [0.15, 0.2) is 67.2 Å². The van der Waals surface area contributed by atoms with Crippen molar-refractivity contribution in [3.05, 3.63) is 78.4 Å². The van der Waals surface area contributed by atoms with Gasteiger partial charge >= 0.3 is 0 Å². The van der Waals surface area contributed by atoms with Gasteiger partial charge in [-0.15, -0.1) is 0 Å². The number of allylic oxidation sites excluding steroid dienone is 4. The maximum Gasteiger partial charge on any atom is 0.251 e. The third-order valence-corrected chi connectivity index (χ3v) is 6.55. The molecule has 1 aromatic rings. The molecule has 0 saturated carbocycles. The van der Waals surface area contributed by atoms with E-state index in [0.717, 1.165) is 30.6 Å². The van der Waals surface area contributed by atoms with E-state index in [2.05, 4.69) is 23.8 Å². The molecule has 0 unspecified atom stereocenters. The van der Waals surface area contributed by atoms with Crippen LogP contribution in [0.3, 0.4) is 0 Å². The minimum Gasteiger partial charge on any atom is -0.497 e. The fourth-order valence-electron chi connectivity index (χ4n) is 4.03. The van der Waals surface area contributed by atoms with Gasteiger partial charge in [0, 0.05) is 37.0 Å². The summed E-state index contributed by atoms with van der Waals surface area (Å²) in [5.74, 6) is 1.24. The lowest BCUT2D eigenvalue weighted by molar-refractivity contribution is -0.120. The molecular weight excluding hydrogens is 566 g/mol. The molecule has 1 heterocycles. The highest BCUT2D eigenvalue weighted by atomic mass is 16.6. The predicted octanol–water partition coefficient (Wildman–Crippen LogP) is 3.52. The first-order valence-corrected chi connectivity index (χ1v) is 15.0. The fraction of sp³-hybridized carbons (Fsp3) is 0.515. The van der Waals surface area contributed by atoms with Gasteiger partial charge in [-0.3, -0.25) is 9.59 Å². The normalized spacial score (nSPS) is 15.6. The van der Waals surface area contributed by atoms with E-state index >= 15 is 0 Å². The quantitative estimate of drug-likeness (QED) is 0.158. The molecule has 11 heteroatoms. The second kappa shape index (κ2) is 22.8. The molecule has 44 heavy (non-hydrogen) atoms. The van der Waals surface area contributed by atoms with Crippen molar-refractivity contribution in [2.75, 3.05) is 86.2 Å². The molecule has 0 aliphatic carbocycles. The van der Waals surface area contributed by atoms with Crippen LogP contribution in [-0.2, 0) is 28.5 Å². The highest BCUT2D eigenvalue weighted by Crippen LogP contribution is 2.17. The van der Waals surface area contributed by atoms with E-state index in [1.165, 1.54) is 0 Å². The summed E-state index contributed by atoms with van der Waals surface area (Å²) in [5, 5.41) is 5.60. The Morgan fingerprint density at radius 3 is 2.41 bits per heavy atom. The molecular formula is C33H49N3O8. The average molecular weight is 616 g/mol. The molecule has 11 nitrogen and oxygen atoms in total. The van der Waals surface area contributed by atoms with Gasteiger partial charge in [-0.1, -0.05) is 19.2 Å². The summed E-state index contributed by atoms with van der Waals surface area (Å²) in [4.78, 5) is 26.2. The summed E-state index contributed by atoms with van der Waals surface area (Å²) in [5.41, 5.74) is 2.17. The van der Waals surface area contributed by atoms with Crippen molar-refractivity contribution in [1.29, 1.82) is 0 Å². The van der Waals surface area contributed by atoms with Crippen LogP contribution in [0.5, 0.6) is 5.75 Å². The van der Waals surface area contributed by atoms with Gasteiger partial charge in [0.25, 0.3) is 5.91 Å². The van der Waals surface area contributed by atoms with Crippen molar-refractivity contribution >= 4 is 11.8 Å². The standard InChI is InChI=1S/C33H49N3O8/c1-5-28(3)36-15-18-44-29(10-8-13-34-32(37)26-36)9-6-7-16-40-19-21-42-23-24-43-22-20-41-17-14-35-33(38)31-25-30(39-4)12-11-27(31)2/h5,8,10-13,25H,1,3,6-7,9,14-24,26H2,2,4H3,(H,34,37)(H,35,38)/b13-8+,29-10-. The number of rotatable bonds is 21. The Morgan fingerprint density at radius 1 is 1.05 bits per heavy atom. The third-order valence-electron chi connectivity index (χ3n) is 6.55. The molecule has 0 spiro atoms. The van der Waals surface area contributed by atoms with Crippen LogP contribution >= 0.6 is 0 Å². The monoisotopic (exact) mass is 615 g/mol. The first-order chi connectivity index (χ1) is 21.4. The second-order valence-corrected chi connectivity index (χ2v) is 9.87. The van der Waals surface area contributed by atoms with Crippen LogP contribution < -0.4 is 15.4 Å². The number of ether oxygens (including phenoxy) is 6. The number of unbranched alkanes of at least 4 members (excludes halogenated alkanes) is 1. The van der Waals surface area contributed by atoms with E-state index in [-0.39, 0.29) is 18.4 Å². The zero-order valence-corrected chi connectivity index (χ0v) is 26.3. The molecule has 1 aliphatic heterocycles. The van der Waals surface area contributed by atoms with Gasteiger partial charge in [0.2, 0.25) is 5.91 Å². The smallest absolute Gasteiger partial charge is 0.251 e. The van der Waals surface area contributed by atoms with Crippen molar-refractivity contribution in [3.8, 4) is 5.75 Å². The third kappa shape index (κ3) is 15.7. The van der Waals surface area contributed by atoms with E-state index in [0.29, 0.717) is 89.6 Å². The largest absolute Gasteiger partial charge is 0.497 e. The van der Waals surface area contributed by atoms with E-state index < -0.39 is 0 Å². The van der Waals surface area contributed by atoms with E-state index in [1.54, 1.807) is 31.5 Å². The summed E-state index contributed by atoms with van der Waals surface area (Å²) in [6.45, 7) is 15.1. The molecule has 0 aromatic heterocycles. The van der Waals surface area contributed by atoms with Gasteiger partial charge in [0.1, 0.15) is 12.4 Å². The summed E-state index contributed by atoms with van der Waals surface area (Å²) in [6, 6.07) is 5.41. The molecule has 0 fully saturated rings. The van der Waals surface area contributed by atoms with Crippen molar-refractivity contribution in [2.45, 2.75) is 26.2 Å². The molecule has 0 atom stereocenters. The van der Waals surface area contributed by atoms with Gasteiger partial charge in [0.15, 0.2) is 0 Å². The lowest BCUT2D eigenvalue weighted by atomic mass is 10.1. The Labute approximate surface area is 261 Å². The Kier molecular flexibility index (Phi) is 19.0. The van der Waals surface area contributed by atoms with Gasteiger partial charge in [-0.25, -0.2) is 0 Å². The highest BCUT2D eigenvalue weighted by molar-refractivity contribution is 5.96. The number of carbonyl (C=O) groups is 2.